The SMILES string of the molecule is Cc1noc(NCc2ccc(O)cc2)n1. The molecule has 0 saturated heterocycles. The average molecular weight is 205 g/mol. The van der Waals surface area contributed by atoms with E-state index in [1.807, 2.05) is 12.1 Å². The third-order valence-corrected chi connectivity index (χ3v) is 1.91. The summed E-state index contributed by atoms with van der Waals surface area (Å²) < 4.78 is 4.89. The number of phenols is 1. The highest BCUT2D eigenvalue weighted by atomic mass is 16.5. The van der Waals surface area contributed by atoms with E-state index in [0.29, 0.717) is 18.4 Å². The van der Waals surface area contributed by atoms with Crippen LogP contribution < -0.4 is 5.32 Å². The van der Waals surface area contributed by atoms with Crippen LogP contribution in [0.2, 0.25) is 0 Å². The smallest absolute Gasteiger partial charge is 0.321 e. The van der Waals surface area contributed by atoms with Crippen LogP contribution in [0.25, 0.3) is 0 Å². The highest BCUT2D eigenvalue weighted by Gasteiger charge is 2.00. The quantitative estimate of drug-likeness (QED) is 0.797. The first kappa shape index (κ1) is 9.51. The molecule has 2 aromatic rings. The van der Waals surface area contributed by atoms with Crippen LogP contribution in [0, 0.1) is 6.92 Å². The van der Waals surface area contributed by atoms with Crippen LogP contribution in [0.15, 0.2) is 28.8 Å². The van der Waals surface area contributed by atoms with Gasteiger partial charge >= 0.3 is 6.01 Å². The summed E-state index contributed by atoms with van der Waals surface area (Å²) >= 11 is 0. The van der Waals surface area contributed by atoms with Gasteiger partial charge in [-0.1, -0.05) is 17.3 Å². The maximum Gasteiger partial charge on any atom is 0.321 e. The Morgan fingerprint density at radius 2 is 2.07 bits per heavy atom. The second-order valence-electron chi connectivity index (χ2n) is 3.17. The van der Waals surface area contributed by atoms with Gasteiger partial charge in [0.25, 0.3) is 0 Å². The van der Waals surface area contributed by atoms with Crippen LogP contribution in [0.1, 0.15) is 11.4 Å². The third-order valence-electron chi connectivity index (χ3n) is 1.91. The Morgan fingerprint density at radius 3 is 2.67 bits per heavy atom. The van der Waals surface area contributed by atoms with Gasteiger partial charge in [0, 0.05) is 6.54 Å². The number of rotatable bonds is 3. The summed E-state index contributed by atoms with van der Waals surface area (Å²) in [6, 6.07) is 7.32. The predicted octanol–water partition coefficient (Wildman–Crippen LogP) is 1.70. The fourth-order valence-electron chi connectivity index (χ4n) is 1.16. The minimum Gasteiger partial charge on any atom is -0.508 e. The van der Waals surface area contributed by atoms with Crippen molar-refractivity contribution in [3.63, 3.8) is 0 Å². The van der Waals surface area contributed by atoms with Crippen LogP contribution in [0.5, 0.6) is 5.75 Å². The van der Waals surface area contributed by atoms with E-state index in [9.17, 15) is 0 Å². The molecule has 1 aromatic carbocycles. The summed E-state index contributed by atoms with van der Waals surface area (Å²) in [7, 11) is 0. The molecule has 2 rings (SSSR count). The normalized spacial score (nSPS) is 10.2. The van der Waals surface area contributed by atoms with E-state index >= 15 is 0 Å². The number of aromatic nitrogens is 2. The number of phenolic OH excluding ortho intramolecular Hbond substituents is 1. The largest absolute Gasteiger partial charge is 0.508 e. The molecule has 5 heteroatoms. The van der Waals surface area contributed by atoms with Crippen molar-refractivity contribution in [1.82, 2.24) is 10.1 Å². The zero-order valence-electron chi connectivity index (χ0n) is 8.27. The second kappa shape index (κ2) is 4.00. The summed E-state index contributed by atoms with van der Waals surface area (Å²) in [4.78, 5) is 4.01. The lowest BCUT2D eigenvalue weighted by atomic mass is 10.2. The van der Waals surface area contributed by atoms with E-state index in [1.165, 1.54) is 0 Å². The summed E-state index contributed by atoms with van der Waals surface area (Å²) in [6.45, 7) is 2.34. The Hall–Kier alpha value is -2.04. The van der Waals surface area contributed by atoms with E-state index < -0.39 is 0 Å². The van der Waals surface area contributed by atoms with Gasteiger partial charge < -0.3 is 14.9 Å². The molecular weight excluding hydrogens is 194 g/mol. The van der Waals surface area contributed by atoms with Gasteiger partial charge in [-0.05, 0) is 24.6 Å². The molecule has 0 aliphatic heterocycles. The van der Waals surface area contributed by atoms with Crippen molar-refractivity contribution in [2.24, 2.45) is 0 Å². The second-order valence-corrected chi connectivity index (χ2v) is 3.17. The van der Waals surface area contributed by atoms with Gasteiger partial charge in [-0.15, -0.1) is 0 Å². The van der Waals surface area contributed by atoms with Crippen molar-refractivity contribution in [2.45, 2.75) is 13.5 Å². The molecule has 2 N–H and O–H groups in total. The molecule has 0 atom stereocenters. The fraction of sp³-hybridized carbons (Fsp3) is 0.200. The lowest BCUT2D eigenvalue weighted by molar-refractivity contribution is 0.425. The van der Waals surface area contributed by atoms with Gasteiger partial charge in [0.05, 0.1) is 0 Å². The van der Waals surface area contributed by atoms with E-state index in [-0.39, 0.29) is 5.75 Å². The lowest BCUT2D eigenvalue weighted by Gasteiger charge is -2.00. The number of aromatic hydroxyl groups is 1. The molecule has 0 amide bonds. The average Bonchev–Trinajstić information content (AvgIpc) is 2.64. The molecule has 0 spiro atoms. The molecule has 0 aliphatic rings. The number of hydrogen-bond donors (Lipinski definition) is 2. The van der Waals surface area contributed by atoms with Crippen molar-refractivity contribution >= 4 is 6.01 Å². The standard InChI is InChI=1S/C10H11N3O2/c1-7-12-10(15-13-7)11-6-8-2-4-9(14)5-3-8/h2-5,14H,6H2,1H3,(H,11,12,13). The number of hydrogen-bond acceptors (Lipinski definition) is 5. The van der Waals surface area contributed by atoms with Crippen LogP contribution in [0.3, 0.4) is 0 Å². The van der Waals surface area contributed by atoms with Crippen molar-refractivity contribution in [1.29, 1.82) is 0 Å². The maximum absolute atomic E-state index is 9.08. The Kier molecular flexibility index (Phi) is 2.53. The Labute approximate surface area is 86.7 Å². The summed E-state index contributed by atoms with van der Waals surface area (Å²) in [6.07, 6.45) is 0. The summed E-state index contributed by atoms with van der Waals surface area (Å²) in [5.74, 6) is 0.857. The van der Waals surface area contributed by atoms with Gasteiger partial charge in [0.2, 0.25) is 0 Å². The maximum atomic E-state index is 9.08. The number of nitrogens with one attached hydrogen (secondary N) is 1. The zero-order chi connectivity index (χ0) is 10.7. The highest BCUT2D eigenvalue weighted by molar-refractivity contribution is 5.29. The Morgan fingerprint density at radius 1 is 1.33 bits per heavy atom. The topological polar surface area (TPSA) is 71.2 Å². The van der Waals surface area contributed by atoms with Crippen LogP contribution in [0.4, 0.5) is 6.01 Å². The first-order valence-electron chi connectivity index (χ1n) is 4.56. The molecular formula is C10H11N3O2. The van der Waals surface area contributed by atoms with E-state index in [1.54, 1.807) is 19.1 Å². The van der Waals surface area contributed by atoms with Crippen LogP contribution >= 0.6 is 0 Å². The van der Waals surface area contributed by atoms with E-state index in [4.69, 9.17) is 9.63 Å². The van der Waals surface area contributed by atoms with Gasteiger partial charge in [-0.2, -0.15) is 4.98 Å². The van der Waals surface area contributed by atoms with Gasteiger partial charge in [-0.25, -0.2) is 0 Å². The molecule has 78 valence electrons. The van der Waals surface area contributed by atoms with E-state index in [0.717, 1.165) is 5.56 Å². The van der Waals surface area contributed by atoms with Crippen molar-refractivity contribution in [3.05, 3.63) is 35.7 Å². The van der Waals surface area contributed by atoms with Gasteiger partial charge in [0.1, 0.15) is 5.75 Å². The monoisotopic (exact) mass is 205 g/mol. The Balaban J connectivity index is 1.96. The van der Waals surface area contributed by atoms with Crippen molar-refractivity contribution < 1.29 is 9.63 Å². The number of anilines is 1. The third kappa shape index (κ3) is 2.46. The molecule has 1 heterocycles. The number of aryl methyl sites for hydroxylation is 1. The minimum absolute atomic E-state index is 0.257. The molecule has 0 bridgehead atoms. The van der Waals surface area contributed by atoms with Crippen molar-refractivity contribution in [3.8, 4) is 5.75 Å². The first-order valence-corrected chi connectivity index (χ1v) is 4.56. The van der Waals surface area contributed by atoms with Crippen molar-refractivity contribution in [2.75, 3.05) is 5.32 Å². The summed E-state index contributed by atoms with van der Waals surface area (Å²) in [5.41, 5.74) is 1.03. The first-order chi connectivity index (χ1) is 7.24. The molecule has 0 unspecified atom stereocenters. The van der Waals surface area contributed by atoms with Gasteiger partial charge in [0.15, 0.2) is 5.82 Å². The van der Waals surface area contributed by atoms with E-state index in [2.05, 4.69) is 15.5 Å². The predicted molar refractivity (Wildman–Crippen MR) is 54.5 cm³/mol. The zero-order valence-corrected chi connectivity index (χ0v) is 8.27. The molecule has 0 aliphatic carbocycles. The van der Waals surface area contributed by atoms with Gasteiger partial charge in [-0.3, -0.25) is 0 Å². The van der Waals surface area contributed by atoms with Crippen LogP contribution in [-0.2, 0) is 6.54 Å². The number of nitrogens with zero attached hydrogens (tertiary/aromatic N) is 2. The molecule has 1 aromatic heterocycles. The minimum atomic E-state index is 0.257. The lowest BCUT2D eigenvalue weighted by Crippen LogP contribution is -1.99. The molecule has 0 radical (unpaired) electrons. The molecule has 15 heavy (non-hydrogen) atoms. The Bertz CT molecular complexity index is 436. The fourth-order valence-corrected chi connectivity index (χ4v) is 1.16. The summed E-state index contributed by atoms with van der Waals surface area (Å²) in [5, 5.41) is 15.7. The number of benzene rings is 1. The molecule has 5 nitrogen and oxygen atoms in total. The highest BCUT2D eigenvalue weighted by Crippen LogP contribution is 2.11. The molecule has 0 fully saturated rings. The molecule has 0 saturated carbocycles. The van der Waals surface area contributed by atoms with Crippen LogP contribution in [-0.4, -0.2) is 15.2 Å².